The Kier molecular flexibility index (Phi) is 6.59. The molecule has 2 heterocycles. The van der Waals surface area contributed by atoms with Gasteiger partial charge in [0.25, 0.3) is 0 Å². The Hall–Kier alpha value is -3.09. The number of hydrogen-bond donors (Lipinski definition) is 1. The van der Waals surface area contributed by atoms with Gasteiger partial charge in [-0.25, -0.2) is 9.67 Å². The van der Waals surface area contributed by atoms with Crippen LogP contribution in [0.2, 0.25) is 0 Å². The Morgan fingerprint density at radius 2 is 1.87 bits per heavy atom. The second-order valence-electron chi connectivity index (χ2n) is 7.55. The van der Waals surface area contributed by atoms with Crippen LogP contribution in [0.25, 0.3) is 11.0 Å². The monoisotopic (exact) mass is 410 g/mol. The number of carbonyl (C=O) groups is 1. The lowest BCUT2D eigenvalue weighted by Gasteiger charge is -2.13. The van der Waals surface area contributed by atoms with Gasteiger partial charge in [0.1, 0.15) is 12.4 Å². The van der Waals surface area contributed by atoms with Crippen LogP contribution in [0, 0.1) is 27.7 Å². The molecular weight excluding hydrogens is 380 g/mol. The van der Waals surface area contributed by atoms with E-state index in [1.807, 2.05) is 52.9 Å². The predicted octanol–water partition coefficient (Wildman–Crippen LogP) is 3.34. The van der Waals surface area contributed by atoms with Crippen molar-refractivity contribution >= 4 is 16.9 Å². The molecule has 7 nitrogen and oxygen atoms in total. The lowest BCUT2D eigenvalue weighted by atomic mass is 10.00. The first-order valence-corrected chi connectivity index (χ1v) is 10.2. The van der Waals surface area contributed by atoms with E-state index in [1.165, 1.54) is 0 Å². The summed E-state index contributed by atoms with van der Waals surface area (Å²) in [6.45, 7) is 8.96. The Labute approximate surface area is 177 Å². The van der Waals surface area contributed by atoms with Crippen molar-refractivity contribution in [1.82, 2.24) is 20.1 Å². The highest BCUT2D eigenvalue weighted by molar-refractivity contribution is 5.86. The Morgan fingerprint density at radius 1 is 1.17 bits per heavy atom. The minimum absolute atomic E-state index is 0.00264. The molecule has 30 heavy (non-hydrogen) atoms. The lowest BCUT2D eigenvalue weighted by Crippen LogP contribution is -2.28. The highest BCUT2D eigenvalue weighted by Crippen LogP contribution is 2.30. The molecule has 0 bridgehead atoms. The van der Waals surface area contributed by atoms with Gasteiger partial charge in [-0.2, -0.15) is 0 Å². The molecule has 160 valence electrons. The van der Waals surface area contributed by atoms with Crippen LogP contribution >= 0.6 is 0 Å². The zero-order chi connectivity index (χ0) is 21.8. The molecule has 0 unspecified atom stereocenters. The van der Waals surface area contributed by atoms with Crippen molar-refractivity contribution in [1.29, 1.82) is 0 Å². The first-order chi connectivity index (χ1) is 14.3. The molecule has 7 heteroatoms. The summed E-state index contributed by atoms with van der Waals surface area (Å²) >= 11 is 0. The summed E-state index contributed by atoms with van der Waals surface area (Å²) in [4.78, 5) is 17.0. The van der Waals surface area contributed by atoms with Gasteiger partial charge in [0.15, 0.2) is 5.65 Å². The standard InChI is InChI=1S/C23H30N4O3/c1-14-8-7-9-15(2)21(14)30-13-12-24-19(28)11-10-18-16(3)20-22(25-17(18)4)27(5)26-23(20)29-6/h7-9H,10-13H2,1-6H3,(H,24,28). The number of aryl methyl sites for hydroxylation is 5. The van der Waals surface area contributed by atoms with Crippen LogP contribution in [0.1, 0.15) is 34.4 Å². The van der Waals surface area contributed by atoms with Crippen molar-refractivity contribution in [2.75, 3.05) is 20.3 Å². The molecule has 1 N–H and O–H groups in total. The summed E-state index contributed by atoms with van der Waals surface area (Å²) < 4.78 is 13.0. The van der Waals surface area contributed by atoms with E-state index in [-0.39, 0.29) is 5.91 Å². The van der Waals surface area contributed by atoms with E-state index in [9.17, 15) is 4.79 Å². The van der Waals surface area contributed by atoms with Crippen molar-refractivity contribution in [2.24, 2.45) is 7.05 Å². The number of aromatic nitrogens is 3. The zero-order valence-electron chi connectivity index (χ0n) is 18.6. The minimum Gasteiger partial charge on any atom is -0.491 e. The average Bonchev–Trinajstić information content (AvgIpc) is 3.02. The summed E-state index contributed by atoms with van der Waals surface area (Å²) in [6.07, 6.45) is 1.00. The van der Waals surface area contributed by atoms with Crippen LogP contribution in [0.4, 0.5) is 0 Å². The summed E-state index contributed by atoms with van der Waals surface area (Å²) in [7, 11) is 3.46. The topological polar surface area (TPSA) is 78.3 Å². The smallest absolute Gasteiger partial charge is 0.242 e. The van der Waals surface area contributed by atoms with Crippen LogP contribution in [0.15, 0.2) is 18.2 Å². The molecule has 0 atom stereocenters. The molecule has 0 fully saturated rings. The molecule has 0 spiro atoms. The normalized spacial score (nSPS) is 11.0. The lowest BCUT2D eigenvalue weighted by molar-refractivity contribution is -0.121. The number of carbonyl (C=O) groups excluding carboxylic acids is 1. The van der Waals surface area contributed by atoms with Gasteiger partial charge in [0, 0.05) is 19.2 Å². The number of ether oxygens (including phenoxy) is 2. The summed E-state index contributed by atoms with van der Waals surface area (Å²) in [5.74, 6) is 1.45. The van der Waals surface area contributed by atoms with Gasteiger partial charge in [-0.1, -0.05) is 18.2 Å². The molecule has 3 aromatic rings. The fraction of sp³-hybridized carbons (Fsp3) is 0.435. The molecule has 1 amide bonds. The fourth-order valence-corrected chi connectivity index (χ4v) is 3.80. The van der Waals surface area contributed by atoms with Crippen molar-refractivity contribution < 1.29 is 14.3 Å². The molecular formula is C23H30N4O3. The number of benzene rings is 1. The second-order valence-corrected chi connectivity index (χ2v) is 7.55. The Bertz CT molecular complexity index is 1050. The van der Waals surface area contributed by atoms with E-state index in [1.54, 1.807) is 11.8 Å². The highest BCUT2D eigenvalue weighted by atomic mass is 16.5. The van der Waals surface area contributed by atoms with Gasteiger partial charge >= 0.3 is 0 Å². The summed E-state index contributed by atoms with van der Waals surface area (Å²) in [6, 6.07) is 6.05. The number of fused-ring (bicyclic) bond motifs is 1. The molecule has 0 radical (unpaired) electrons. The van der Waals surface area contributed by atoms with Crippen molar-refractivity contribution in [3.63, 3.8) is 0 Å². The van der Waals surface area contributed by atoms with Crippen LogP contribution in [0.5, 0.6) is 11.6 Å². The van der Waals surface area contributed by atoms with Crippen molar-refractivity contribution in [3.8, 4) is 11.6 Å². The van der Waals surface area contributed by atoms with E-state index in [4.69, 9.17) is 9.47 Å². The number of para-hydroxylation sites is 1. The van der Waals surface area contributed by atoms with Crippen LogP contribution in [-0.2, 0) is 18.3 Å². The number of hydrogen-bond acceptors (Lipinski definition) is 5. The number of nitrogens with one attached hydrogen (secondary N) is 1. The fourth-order valence-electron chi connectivity index (χ4n) is 3.80. The predicted molar refractivity (Wildman–Crippen MR) is 117 cm³/mol. The maximum absolute atomic E-state index is 12.3. The largest absolute Gasteiger partial charge is 0.491 e. The first-order valence-electron chi connectivity index (χ1n) is 10.2. The number of nitrogens with zero attached hydrogens (tertiary/aromatic N) is 3. The van der Waals surface area contributed by atoms with Gasteiger partial charge in [-0.15, -0.1) is 5.10 Å². The molecule has 0 aliphatic heterocycles. The number of methoxy groups -OCH3 is 1. The third-order valence-electron chi connectivity index (χ3n) is 5.40. The van der Waals surface area contributed by atoms with Gasteiger partial charge < -0.3 is 14.8 Å². The van der Waals surface area contributed by atoms with Gasteiger partial charge in [-0.05, 0) is 56.4 Å². The summed E-state index contributed by atoms with van der Waals surface area (Å²) in [5.41, 5.74) is 6.03. The van der Waals surface area contributed by atoms with E-state index in [2.05, 4.69) is 15.4 Å². The summed E-state index contributed by atoms with van der Waals surface area (Å²) in [5, 5.41) is 8.22. The molecule has 0 saturated heterocycles. The zero-order valence-corrected chi connectivity index (χ0v) is 18.6. The van der Waals surface area contributed by atoms with Crippen LogP contribution < -0.4 is 14.8 Å². The van der Waals surface area contributed by atoms with Crippen molar-refractivity contribution in [2.45, 2.75) is 40.5 Å². The van der Waals surface area contributed by atoms with Gasteiger partial charge in [0.05, 0.1) is 19.0 Å². The van der Waals surface area contributed by atoms with Crippen LogP contribution in [-0.4, -0.2) is 40.9 Å². The van der Waals surface area contributed by atoms with Gasteiger partial charge in [0.2, 0.25) is 11.8 Å². The quantitative estimate of drug-likeness (QED) is 0.576. The third-order valence-corrected chi connectivity index (χ3v) is 5.40. The Morgan fingerprint density at radius 3 is 2.53 bits per heavy atom. The van der Waals surface area contributed by atoms with E-state index in [0.29, 0.717) is 31.9 Å². The van der Waals surface area contributed by atoms with E-state index < -0.39 is 0 Å². The van der Waals surface area contributed by atoms with Gasteiger partial charge in [-0.3, -0.25) is 4.79 Å². The molecule has 0 saturated carbocycles. The van der Waals surface area contributed by atoms with E-state index in [0.717, 1.165) is 44.7 Å². The second kappa shape index (κ2) is 9.15. The minimum atomic E-state index is -0.00264. The van der Waals surface area contributed by atoms with Crippen LogP contribution in [0.3, 0.4) is 0 Å². The number of amides is 1. The molecule has 2 aromatic heterocycles. The third kappa shape index (κ3) is 4.40. The number of rotatable bonds is 8. The van der Waals surface area contributed by atoms with Crippen molar-refractivity contribution in [3.05, 3.63) is 46.1 Å². The first kappa shape index (κ1) is 21.6. The highest BCUT2D eigenvalue weighted by Gasteiger charge is 2.18. The molecule has 1 aromatic carbocycles. The molecule has 0 aliphatic carbocycles. The average molecular weight is 411 g/mol. The Balaban J connectivity index is 1.58. The SMILES string of the molecule is COc1nn(C)c2nc(C)c(CCC(=O)NCCOc3c(C)cccc3C)c(C)c12. The maximum atomic E-state index is 12.3. The molecule has 3 rings (SSSR count). The van der Waals surface area contributed by atoms with E-state index >= 15 is 0 Å². The maximum Gasteiger partial charge on any atom is 0.242 e. The molecule has 0 aliphatic rings. The number of pyridine rings is 1.